The number of nitrogens with one attached hydrogen (secondary N) is 2. The van der Waals surface area contributed by atoms with Crippen molar-refractivity contribution in [2.24, 2.45) is 5.10 Å². The van der Waals surface area contributed by atoms with E-state index < -0.39 is 15.9 Å². The van der Waals surface area contributed by atoms with Crippen molar-refractivity contribution in [1.29, 1.82) is 0 Å². The maximum absolute atomic E-state index is 12.7. The summed E-state index contributed by atoms with van der Waals surface area (Å²) >= 11 is 13.6. The first-order valence-electron chi connectivity index (χ1n) is 9.65. The van der Waals surface area contributed by atoms with Crippen LogP contribution in [-0.2, 0) is 10.0 Å². The second kappa shape index (κ2) is 9.52. The molecule has 1 aromatic heterocycles. The molecule has 0 bridgehead atoms. The molecule has 0 radical (unpaired) electrons. The summed E-state index contributed by atoms with van der Waals surface area (Å²) in [6.45, 7) is 1.71. The van der Waals surface area contributed by atoms with Gasteiger partial charge in [-0.25, -0.2) is 13.8 Å². The minimum Gasteiger partial charge on any atom is -0.280 e. The van der Waals surface area contributed by atoms with Crippen molar-refractivity contribution in [3.8, 4) is 0 Å². The number of anilines is 1. The zero-order valence-electron chi connectivity index (χ0n) is 17.2. The van der Waals surface area contributed by atoms with Crippen molar-refractivity contribution in [3.05, 3.63) is 93.3 Å². The van der Waals surface area contributed by atoms with E-state index in [0.717, 1.165) is 10.1 Å². The zero-order valence-corrected chi connectivity index (χ0v) is 20.3. The van der Waals surface area contributed by atoms with Crippen LogP contribution in [0.4, 0.5) is 5.69 Å². The summed E-state index contributed by atoms with van der Waals surface area (Å²) in [5.41, 5.74) is 4.01. The van der Waals surface area contributed by atoms with Gasteiger partial charge < -0.3 is 0 Å². The van der Waals surface area contributed by atoms with Crippen LogP contribution in [0.2, 0.25) is 10.0 Å². The summed E-state index contributed by atoms with van der Waals surface area (Å²) in [5, 5.41) is 5.80. The molecule has 33 heavy (non-hydrogen) atoms. The molecule has 168 valence electrons. The Bertz CT molecular complexity index is 1480. The SMILES string of the molecule is C/C(=N\NC(=O)c1sc2cc(Cl)ccc2c1Cl)c1cccc(NS(=O)(=O)c2ccccc2)c1. The van der Waals surface area contributed by atoms with Crippen molar-refractivity contribution in [2.45, 2.75) is 11.8 Å². The molecule has 0 aliphatic heterocycles. The topological polar surface area (TPSA) is 87.6 Å². The second-order valence-electron chi connectivity index (χ2n) is 7.02. The third-order valence-corrected chi connectivity index (χ3v) is 8.00. The Balaban J connectivity index is 1.52. The average molecular weight is 518 g/mol. The molecule has 0 saturated heterocycles. The van der Waals surface area contributed by atoms with Crippen molar-refractivity contribution in [3.63, 3.8) is 0 Å². The van der Waals surface area contributed by atoms with Gasteiger partial charge in [-0.2, -0.15) is 5.10 Å². The molecular weight excluding hydrogens is 501 g/mol. The minimum absolute atomic E-state index is 0.162. The Morgan fingerprint density at radius 3 is 2.48 bits per heavy atom. The Labute approximate surface area is 204 Å². The van der Waals surface area contributed by atoms with E-state index in [2.05, 4.69) is 15.2 Å². The first-order valence-corrected chi connectivity index (χ1v) is 12.7. The fraction of sp³-hybridized carbons (Fsp3) is 0.0435. The second-order valence-corrected chi connectivity index (χ2v) is 10.6. The number of benzene rings is 3. The fourth-order valence-corrected chi connectivity index (χ4v) is 5.81. The highest BCUT2D eigenvalue weighted by Crippen LogP contribution is 2.36. The molecule has 0 aliphatic carbocycles. The molecule has 1 heterocycles. The summed E-state index contributed by atoms with van der Waals surface area (Å²) in [6.07, 6.45) is 0. The van der Waals surface area contributed by atoms with Gasteiger partial charge in [0.25, 0.3) is 15.9 Å². The van der Waals surface area contributed by atoms with E-state index in [1.807, 2.05) is 0 Å². The number of hydrazone groups is 1. The highest BCUT2D eigenvalue weighted by molar-refractivity contribution is 7.92. The lowest BCUT2D eigenvalue weighted by atomic mass is 10.1. The number of nitrogens with zero attached hydrogens (tertiary/aromatic N) is 1. The number of fused-ring (bicyclic) bond motifs is 1. The molecule has 0 unspecified atom stereocenters. The largest absolute Gasteiger partial charge is 0.283 e. The van der Waals surface area contributed by atoms with Gasteiger partial charge in [0.2, 0.25) is 0 Å². The van der Waals surface area contributed by atoms with Crippen LogP contribution in [-0.4, -0.2) is 20.0 Å². The van der Waals surface area contributed by atoms with Gasteiger partial charge in [-0.3, -0.25) is 9.52 Å². The standard InChI is InChI=1S/C23H17Cl2N3O3S2/c1-14(26-27-23(29)22-21(25)19-11-10-16(24)13-20(19)32-22)15-6-5-7-17(12-15)28-33(30,31)18-8-3-2-4-9-18/h2-13,28H,1H3,(H,27,29)/b26-14+. The van der Waals surface area contributed by atoms with Gasteiger partial charge in [0.1, 0.15) is 4.88 Å². The normalized spacial score (nSPS) is 12.0. The smallest absolute Gasteiger partial charge is 0.280 e. The van der Waals surface area contributed by atoms with Gasteiger partial charge in [0.05, 0.1) is 15.6 Å². The molecule has 10 heteroatoms. The van der Waals surface area contributed by atoms with Crippen LogP contribution in [0.5, 0.6) is 0 Å². The monoisotopic (exact) mass is 517 g/mol. The minimum atomic E-state index is -3.72. The van der Waals surface area contributed by atoms with E-state index in [1.54, 1.807) is 67.6 Å². The highest BCUT2D eigenvalue weighted by Gasteiger charge is 2.17. The molecule has 4 aromatic rings. The number of amides is 1. The number of carbonyl (C=O) groups is 1. The maximum Gasteiger partial charge on any atom is 0.283 e. The summed E-state index contributed by atoms with van der Waals surface area (Å²) < 4.78 is 28.5. The molecular formula is C23H17Cl2N3O3S2. The number of rotatable bonds is 6. The van der Waals surface area contributed by atoms with E-state index in [1.165, 1.54) is 23.5 Å². The third kappa shape index (κ3) is 5.20. The van der Waals surface area contributed by atoms with Crippen LogP contribution in [0.1, 0.15) is 22.2 Å². The molecule has 1 amide bonds. The summed E-state index contributed by atoms with van der Waals surface area (Å²) in [6, 6.07) is 20.1. The summed E-state index contributed by atoms with van der Waals surface area (Å²) in [5.74, 6) is -0.447. The summed E-state index contributed by atoms with van der Waals surface area (Å²) in [7, 11) is -3.72. The van der Waals surface area contributed by atoms with Gasteiger partial charge >= 0.3 is 0 Å². The van der Waals surface area contributed by atoms with Crippen molar-refractivity contribution >= 4 is 72.0 Å². The van der Waals surface area contributed by atoms with E-state index in [4.69, 9.17) is 23.2 Å². The first kappa shape index (κ1) is 23.3. The Hall–Kier alpha value is -2.91. The lowest BCUT2D eigenvalue weighted by molar-refractivity contribution is 0.0959. The number of sulfonamides is 1. The molecule has 3 aromatic carbocycles. The Kier molecular flexibility index (Phi) is 6.71. The predicted molar refractivity (Wildman–Crippen MR) is 135 cm³/mol. The first-order chi connectivity index (χ1) is 15.7. The lowest BCUT2D eigenvalue weighted by Crippen LogP contribution is -2.18. The molecule has 6 nitrogen and oxygen atoms in total. The van der Waals surface area contributed by atoms with Crippen LogP contribution >= 0.6 is 34.5 Å². The van der Waals surface area contributed by atoms with E-state index in [0.29, 0.717) is 31.9 Å². The number of hydrogen-bond acceptors (Lipinski definition) is 5. The molecule has 0 saturated carbocycles. The van der Waals surface area contributed by atoms with Gasteiger partial charge in [0, 0.05) is 20.8 Å². The van der Waals surface area contributed by atoms with Crippen molar-refractivity contribution in [1.82, 2.24) is 5.43 Å². The molecule has 0 fully saturated rings. The van der Waals surface area contributed by atoms with E-state index >= 15 is 0 Å². The van der Waals surface area contributed by atoms with Gasteiger partial charge in [-0.15, -0.1) is 11.3 Å². The number of halogens is 2. The van der Waals surface area contributed by atoms with Crippen LogP contribution in [0.15, 0.2) is 82.8 Å². The van der Waals surface area contributed by atoms with Crippen LogP contribution in [0.25, 0.3) is 10.1 Å². The van der Waals surface area contributed by atoms with E-state index in [-0.39, 0.29) is 4.90 Å². The van der Waals surface area contributed by atoms with Crippen LogP contribution in [0.3, 0.4) is 0 Å². The van der Waals surface area contributed by atoms with E-state index in [9.17, 15) is 13.2 Å². The van der Waals surface area contributed by atoms with Gasteiger partial charge in [-0.05, 0) is 48.9 Å². The Morgan fingerprint density at radius 2 is 1.73 bits per heavy atom. The predicted octanol–water partition coefficient (Wildman–Crippen LogP) is 6.16. The molecule has 2 N–H and O–H groups in total. The maximum atomic E-state index is 12.7. The van der Waals surface area contributed by atoms with Gasteiger partial charge in [-0.1, -0.05) is 59.6 Å². The van der Waals surface area contributed by atoms with Crippen molar-refractivity contribution in [2.75, 3.05) is 4.72 Å². The Morgan fingerprint density at radius 1 is 0.970 bits per heavy atom. The van der Waals surface area contributed by atoms with Crippen molar-refractivity contribution < 1.29 is 13.2 Å². The quantitative estimate of drug-likeness (QED) is 0.237. The molecule has 4 rings (SSSR count). The fourth-order valence-electron chi connectivity index (χ4n) is 3.06. The number of hydrogen-bond donors (Lipinski definition) is 2. The summed E-state index contributed by atoms with van der Waals surface area (Å²) in [4.78, 5) is 13.1. The average Bonchev–Trinajstić information content (AvgIpc) is 3.13. The number of thiophene rings is 1. The van der Waals surface area contributed by atoms with Gasteiger partial charge in [0.15, 0.2) is 0 Å². The van der Waals surface area contributed by atoms with Crippen LogP contribution < -0.4 is 10.1 Å². The highest BCUT2D eigenvalue weighted by atomic mass is 35.5. The molecule has 0 spiro atoms. The molecule has 0 aliphatic rings. The lowest BCUT2D eigenvalue weighted by Gasteiger charge is -2.09. The zero-order chi connectivity index (χ0) is 23.6. The van der Waals surface area contributed by atoms with Crippen LogP contribution in [0, 0.1) is 0 Å². The number of carbonyl (C=O) groups excluding carboxylic acids is 1. The third-order valence-electron chi connectivity index (χ3n) is 4.71. The molecule has 0 atom stereocenters.